The molecule has 1 N–H and O–H groups in total. The summed E-state index contributed by atoms with van der Waals surface area (Å²) in [6.07, 6.45) is 0. The van der Waals surface area contributed by atoms with Gasteiger partial charge in [-0.2, -0.15) is 4.57 Å². The molecule has 3 nitrogen and oxygen atoms in total. The topological polar surface area (TPSA) is 41.2 Å². The van der Waals surface area contributed by atoms with Crippen molar-refractivity contribution in [3.05, 3.63) is 42.1 Å². The van der Waals surface area contributed by atoms with Crippen molar-refractivity contribution in [3.63, 3.8) is 0 Å². The zero-order chi connectivity index (χ0) is 10.1. The van der Waals surface area contributed by atoms with Crippen LogP contribution in [0.15, 0.2) is 36.4 Å². The fourth-order valence-electron chi connectivity index (χ4n) is 1.56. The smallest absolute Gasteiger partial charge is 0.401 e. The molecule has 0 bridgehead atoms. The summed E-state index contributed by atoms with van der Waals surface area (Å²) in [5, 5.41) is 9.95. The van der Waals surface area contributed by atoms with Crippen LogP contribution >= 0.6 is 0 Å². The van der Waals surface area contributed by atoms with Gasteiger partial charge in [0.2, 0.25) is 5.52 Å². The lowest BCUT2D eigenvalue weighted by Crippen LogP contribution is -2.36. The predicted octanol–water partition coefficient (Wildman–Crippen LogP) is 1.36. The van der Waals surface area contributed by atoms with E-state index in [4.69, 9.17) is 5.11 Å². The lowest BCUT2D eigenvalue weighted by Gasteiger charge is -1.98. The standard InChI is InChI=1S/C11H9NO2/c1-12-9-5-3-2-4-8(9)6-7-10(12)11(13)14/h2-7H,1H3/p+1. The second-order valence-corrected chi connectivity index (χ2v) is 3.14. The van der Waals surface area contributed by atoms with Crippen LogP contribution in [-0.4, -0.2) is 11.1 Å². The van der Waals surface area contributed by atoms with Crippen LogP contribution < -0.4 is 4.57 Å². The summed E-state index contributed by atoms with van der Waals surface area (Å²) in [5.41, 5.74) is 1.22. The maximum absolute atomic E-state index is 10.8. The van der Waals surface area contributed by atoms with Crippen LogP contribution in [0, 0.1) is 0 Å². The molecule has 0 spiro atoms. The Bertz CT molecular complexity index is 506. The van der Waals surface area contributed by atoms with Crippen molar-refractivity contribution < 1.29 is 14.5 Å². The van der Waals surface area contributed by atoms with Crippen molar-refractivity contribution in [1.82, 2.24) is 0 Å². The van der Waals surface area contributed by atoms with E-state index in [0.29, 0.717) is 5.69 Å². The lowest BCUT2D eigenvalue weighted by atomic mass is 10.2. The molecule has 0 radical (unpaired) electrons. The molecule has 0 aliphatic carbocycles. The first-order valence-corrected chi connectivity index (χ1v) is 4.31. The van der Waals surface area contributed by atoms with Gasteiger partial charge in [0.1, 0.15) is 7.05 Å². The quantitative estimate of drug-likeness (QED) is 0.686. The number of fused-ring (bicyclic) bond motifs is 1. The number of hydrogen-bond acceptors (Lipinski definition) is 1. The van der Waals surface area contributed by atoms with Gasteiger partial charge >= 0.3 is 5.97 Å². The van der Waals surface area contributed by atoms with E-state index in [9.17, 15) is 4.79 Å². The Morgan fingerprint density at radius 1 is 1.21 bits per heavy atom. The number of aromatic carboxylic acids is 1. The number of rotatable bonds is 1. The molecule has 1 aromatic carbocycles. The highest BCUT2D eigenvalue weighted by atomic mass is 16.4. The normalized spacial score (nSPS) is 10.4. The summed E-state index contributed by atoms with van der Waals surface area (Å²) in [4.78, 5) is 10.8. The third-order valence-electron chi connectivity index (χ3n) is 2.30. The number of nitrogens with zero attached hydrogens (tertiary/aromatic N) is 1. The predicted molar refractivity (Wildman–Crippen MR) is 52.1 cm³/mol. The second-order valence-electron chi connectivity index (χ2n) is 3.14. The van der Waals surface area contributed by atoms with E-state index in [1.54, 1.807) is 17.7 Å². The van der Waals surface area contributed by atoms with Crippen LogP contribution in [0.5, 0.6) is 0 Å². The van der Waals surface area contributed by atoms with Crippen LogP contribution in [0.25, 0.3) is 10.9 Å². The van der Waals surface area contributed by atoms with Crippen molar-refractivity contribution in [2.75, 3.05) is 0 Å². The molecular formula is C11H10NO2+. The largest absolute Gasteiger partial charge is 0.473 e. The number of carbonyl (C=O) groups is 1. The van der Waals surface area contributed by atoms with E-state index in [1.807, 2.05) is 30.3 Å². The second kappa shape index (κ2) is 3.10. The Morgan fingerprint density at radius 2 is 1.93 bits per heavy atom. The third kappa shape index (κ3) is 1.23. The maximum atomic E-state index is 10.8. The molecule has 1 heterocycles. The van der Waals surface area contributed by atoms with Gasteiger partial charge in [-0.15, -0.1) is 0 Å². The fraction of sp³-hybridized carbons (Fsp3) is 0.0909. The minimum atomic E-state index is -0.904. The van der Waals surface area contributed by atoms with E-state index in [1.165, 1.54) is 0 Å². The Balaban J connectivity index is 2.81. The molecule has 0 fully saturated rings. The van der Waals surface area contributed by atoms with Gasteiger partial charge in [0, 0.05) is 17.5 Å². The number of benzene rings is 1. The fourth-order valence-corrected chi connectivity index (χ4v) is 1.56. The molecule has 3 heteroatoms. The van der Waals surface area contributed by atoms with E-state index >= 15 is 0 Å². The number of aromatic nitrogens is 1. The molecular weight excluding hydrogens is 178 g/mol. The van der Waals surface area contributed by atoms with Crippen LogP contribution in [-0.2, 0) is 7.05 Å². The molecule has 2 rings (SSSR count). The first kappa shape index (κ1) is 8.69. The molecule has 0 unspecified atom stereocenters. The minimum Gasteiger partial charge on any atom is -0.473 e. The monoisotopic (exact) mass is 188 g/mol. The lowest BCUT2D eigenvalue weighted by molar-refractivity contribution is -0.647. The summed E-state index contributed by atoms with van der Waals surface area (Å²) in [6, 6.07) is 11.1. The van der Waals surface area contributed by atoms with Gasteiger partial charge in [0.15, 0.2) is 0 Å². The minimum absolute atomic E-state index is 0.295. The van der Waals surface area contributed by atoms with Crippen molar-refractivity contribution in [1.29, 1.82) is 0 Å². The van der Waals surface area contributed by atoms with Gasteiger partial charge in [-0.25, -0.2) is 4.79 Å². The molecule has 14 heavy (non-hydrogen) atoms. The number of carboxylic acids is 1. The van der Waals surface area contributed by atoms with Crippen molar-refractivity contribution in [3.8, 4) is 0 Å². The van der Waals surface area contributed by atoms with Gasteiger partial charge in [-0.1, -0.05) is 12.1 Å². The molecule has 0 aliphatic heterocycles. The summed E-state index contributed by atoms with van der Waals surface area (Å²) >= 11 is 0. The van der Waals surface area contributed by atoms with Crippen molar-refractivity contribution >= 4 is 16.9 Å². The van der Waals surface area contributed by atoms with Crippen LogP contribution in [0.1, 0.15) is 10.5 Å². The molecule has 0 aliphatic rings. The number of hydrogen-bond donors (Lipinski definition) is 1. The molecule has 70 valence electrons. The Labute approximate surface area is 81.2 Å². The highest BCUT2D eigenvalue weighted by Gasteiger charge is 2.17. The van der Waals surface area contributed by atoms with E-state index in [-0.39, 0.29) is 0 Å². The molecule has 0 saturated heterocycles. The number of para-hydroxylation sites is 1. The Hall–Kier alpha value is -1.90. The summed E-state index contributed by atoms with van der Waals surface area (Å²) < 4.78 is 1.68. The zero-order valence-corrected chi connectivity index (χ0v) is 7.77. The molecule has 1 aromatic heterocycles. The number of aryl methyl sites for hydroxylation is 1. The Kier molecular flexibility index (Phi) is 1.93. The molecule has 0 saturated carbocycles. The molecule has 0 atom stereocenters. The summed E-state index contributed by atoms with van der Waals surface area (Å²) in [5.74, 6) is -0.904. The highest BCUT2D eigenvalue weighted by Crippen LogP contribution is 2.09. The number of carboxylic acid groups (broad SMARTS) is 1. The Morgan fingerprint density at radius 3 is 2.64 bits per heavy atom. The first-order valence-electron chi connectivity index (χ1n) is 4.31. The van der Waals surface area contributed by atoms with Gasteiger partial charge in [-0.3, -0.25) is 0 Å². The third-order valence-corrected chi connectivity index (χ3v) is 2.30. The average molecular weight is 188 g/mol. The highest BCUT2D eigenvalue weighted by molar-refractivity contribution is 5.86. The van der Waals surface area contributed by atoms with E-state index < -0.39 is 5.97 Å². The van der Waals surface area contributed by atoms with Crippen LogP contribution in [0.2, 0.25) is 0 Å². The van der Waals surface area contributed by atoms with Gasteiger partial charge in [-0.05, 0) is 12.1 Å². The van der Waals surface area contributed by atoms with Crippen molar-refractivity contribution in [2.24, 2.45) is 7.05 Å². The van der Waals surface area contributed by atoms with Crippen LogP contribution in [0.4, 0.5) is 0 Å². The van der Waals surface area contributed by atoms with E-state index in [0.717, 1.165) is 10.9 Å². The summed E-state index contributed by atoms with van der Waals surface area (Å²) in [7, 11) is 1.76. The first-order chi connectivity index (χ1) is 6.70. The molecule has 0 amide bonds. The maximum Gasteiger partial charge on any atom is 0.401 e. The van der Waals surface area contributed by atoms with Crippen molar-refractivity contribution in [2.45, 2.75) is 0 Å². The number of pyridine rings is 1. The van der Waals surface area contributed by atoms with Gasteiger partial charge < -0.3 is 5.11 Å². The van der Waals surface area contributed by atoms with Gasteiger partial charge in [0.25, 0.3) is 5.69 Å². The molecule has 2 aromatic rings. The zero-order valence-electron chi connectivity index (χ0n) is 7.77. The van der Waals surface area contributed by atoms with E-state index in [2.05, 4.69) is 0 Å². The van der Waals surface area contributed by atoms with Crippen LogP contribution in [0.3, 0.4) is 0 Å². The SMILES string of the molecule is C[n+]1c(C(=O)O)ccc2ccccc21. The average Bonchev–Trinajstić information content (AvgIpc) is 2.18. The summed E-state index contributed by atoms with van der Waals surface area (Å²) in [6.45, 7) is 0. The van der Waals surface area contributed by atoms with Gasteiger partial charge in [0.05, 0.1) is 0 Å².